The van der Waals surface area contributed by atoms with Gasteiger partial charge in [0.25, 0.3) is 0 Å². The first-order valence-corrected chi connectivity index (χ1v) is 3.40. The molecule has 1 rings (SSSR count). The maximum absolute atomic E-state index is 3.21. The number of halogens is 2. The van der Waals surface area contributed by atoms with Crippen LogP contribution in [0.25, 0.3) is 0 Å². The summed E-state index contributed by atoms with van der Waals surface area (Å²) in [4.78, 5) is 0. The van der Waals surface area contributed by atoms with Crippen molar-refractivity contribution in [3.63, 3.8) is 0 Å². The van der Waals surface area contributed by atoms with E-state index in [4.69, 9.17) is 0 Å². The van der Waals surface area contributed by atoms with Gasteiger partial charge in [0.05, 0.1) is 0 Å². The average Bonchev–Trinajstić information content (AvgIpc) is 1.87. The Bertz CT molecular complexity index is 148. The third kappa shape index (κ3) is 5.83. The molecule has 0 spiro atoms. The van der Waals surface area contributed by atoms with E-state index in [1.54, 1.807) is 0 Å². The minimum absolute atomic E-state index is 0. The fourth-order valence-corrected chi connectivity index (χ4v) is 1.36. The van der Waals surface area contributed by atoms with Gasteiger partial charge in [0.1, 0.15) is 0 Å². The maximum atomic E-state index is 3.21. The van der Waals surface area contributed by atoms with Crippen LogP contribution >= 0.6 is 8.19 Å². The molecule has 55 valence electrons. The molecule has 0 amide bonds. The fourth-order valence-electron chi connectivity index (χ4n) is 0.584. The Morgan fingerprint density at radius 1 is 1.30 bits per heavy atom. The third-order valence-corrected chi connectivity index (χ3v) is 2.03. The van der Waals surface area contributed by atoms with Crippen molar-refractivity contribution in [2.75, 3.05) is 0 Å². The summed E-state index contributed by atoms with van der Waals surface area (Å²) >= 11 is 0. The van der Waals surface area contributed by atoms with E-state index in [0.29, 0.717) is 0 Å². The van der Waals surface area contributed by atoms with Crippen molar-refractivity contribution in [1.29, 1.82) is 0 Å². The van der Waals surface area contributed by atoms with E-state index in [0.717, 1.165) is 8.19 Å². The van der Waals surface area contributed by atoms with Crippen LogP contribution in [0, 0.1) is 19.9 Å². The first kappa shape index (κ1) is 17.2. The van der Waals surface area contributed by atoms with Gasteiger partial charge in [-0.1, -0.05) is 13.8 Å². The summed E-state index contributed by atoms with van der Waals surface area (Å²) in [6.07, 6.45) is 0. The normalized spacial score (nSPS) is 7.40. The molecule has 10 heavy (non-hydrogen) atoms. The van der Waals surface area contributed by atoms with Gasteiger partial charge in [-0.15, -0.1) is 5.30 Å². The van der Waals surface area contributed by atoms with E-state index in [9.17, 15) is 0 Å². The van der Waals surface area contributed by atoms with E-state index in [1.165, 1.54) is 10.9 Å². The van der Waals surface area contributed by atoms with E-state index < -0.39 is 0 Å². The quantitative estimate of drug-likeness (QED) is 0.316. The summed E-state index contributed by atoms with van der Waals surface area (Å²) in [5, 5.41) is 1.39. The molecule has 1 atom stereocenters. The molecule has 0 bridgehead atoms. The zero-order valence-electron chi connectivity index (χ0n) is 5.83. The predicted molar refractivity (Wildman–Crippen MR) is 34.3 cm³/mol. The Labute approximate surface area is 91.0 Å². The van der Waals surface area contributed by atoms with Gasteiger partial charge in [0.2, 0.25) is 0 Å². The first-order valence-electron chi connectivity index (χ1n) is 2.33. The molecule has 1 radical (unpaired) electrons. The molecule has 0 aliphatic rings. The van der Waals surface area contributed by atoms with Crippen LogP contribution in [0.2, 0.25) is 0 Å². The molecule has 1 aromatic heterocycles. The van der Waals surface area contributed by atoms with Gasteiger partial charge < -0.3 is 24.8 Å². The fraction of sp³-hybridized carbons (Fsp3) is 0.333. The van der Waals surface area contributed by atoms with Gasteiger partial charge in [-0.25, -0.2) is 19.8 Å². The molecular weight excluding hydrogens is 222 g/mol. The Morgan fingerprint density at radius 3 is 1.90 bits per heavy atom. The van der Waals surface area contributed by atoms with Gasteiger partial charge in [-0.2, -0.15) is 5.80 Å². The summed E-state index contributed by atoms with van der Waals surface area (Å²) in [5.41, 5.74) is 1.30. The van der Waals surface area contributed by atoms with Crippen molar-refractivity contribution < 1.29 is 46.5 Å². The third-order valence-electron chi connectivity index (χ3n) is 0.890. The molecular formula is C6H8Cl2PTi. The number of rotatable bonds is 0. The second-order valence-electron chi connectivity index (χ2n) is 1.72. The van der Waals surface area contributed by atoms with Gasteiger partial charge in [-0.05, 0) is 0 Å². The zero-order valence-corrected chi connectivity index (χ0v) is 9.91. The van der Waals surface area contributed by atoms with Crippen molar-refractivity contribution in [3.8, 4) is 0 Å². The molecule has 0 aliphatic carbocycles. The predicted octanol–water partition coefficient (Wildman–Crippen LogP) is -3.86. The van der Waals surface area contributed by atoms with E-state index in [-0.39, 0.29) is 46.5 Å². The van der Waals surface area contributed by atoms with Crippen molar-refractivity contribution in [2.45, 2.75) is 13.8 Å². The number of hydrogen-bond acceptors (Lipinski definition) is 0. The van der Waals surface area contributed by atoms with Crippen LogP contribution in [0.1, 0.15) is 10.9 Å². The van der Waals surface area contributed by atoms with Crippen LogP contribution in [-0.2, 0) is 21.7 Å². The summed E-state index contributed by atoms with van der Waals surface area (Å²) in [6.45, 7) is 4.20. The van der Waals surface area contributed by atoms with E-state index in [1.807, 2.05) is 0 Å². The van der Waals surface area contributed by atoms with E-state index in [2.05, 4.69) is 25.7 Å². The molecule has 0 aromatic carbocycles. The van der Waals surface area contributed by atoms with E-state index >= 15 is 0 Å². The van der Waals surface area contributed by atoms with Crippen LogP contribution in [0.4, 0.5) is 0 Å². The standard InChI is InChI=1S/C6H8P.2ClH.Ti/c1-5-3-6(2)7-4-5;;;/h4,7H,1-2H3;2*1H;/q-1;;;+3/p-2. The molecule has 0 nitrogen and oxygen atoms in total. The monoisotopic (exact) mass is 229 g/mol. The topological polar surface area (TPSA) is 0 Å². The Hall–Kier alpha value is 1.07. The Morgan fingerprint density at radius 2 is 1.80 bits per heavy atom. The summed E-state index contributed by atoms with van der Waals surface area (Å²) < 4.78 is 0. The van der Waals surface area contributed by atoms with Gasteiger partial charge >= 0.3 is 21.7 Å². The summed E-state index contributed by atoms with van der Waals surface area (Å²) in [5.74, 6) is 2.22. The van der Waals surface area contributed by atoms with Crippen LogP contribution in [0.15, 0.2) is 5.80 Å². The van der Waals surface area contributed by atoms with Crippen LogP contribution in [0.3, 0.4) is 0 Å². The average molecular weight is 230 g/mol. The van der Waals surface area contributed by atoms with Crippen molar-refractivity contribution >= 4 is 8.19 Å². The molecule has 0 aliphatic heterocycles. The molecule has 0 saturated heterocycles. The molecule has 1 unspecified atom stereocenters. The molecule has 0 N–H and O–H groups in total. The summed E-state index contributed by atoms with van der Waals surface area (Å²) in [7, 11) is 0.906. The Balaban J connectivity index is -0.000000163. The minimum Gasteiger partial charge on any atom is -1.00 e. The zero-order chi connectivity index (χ0) is 5.28. The molecule has 0 fully saturated rings. The minimum atomic E-state index is 0. The first-order chi connectivity index (χ1) is 3.29. The van der Waals surface area contributed by atoms with Crippen LogP contribution in [0.5, 0.6) is 0 Å². The van der Waals surface area contributed by atoms with Crippen molar-refractivity contribution in [1.82, 2.24) is 0 Å². The molecule has 1 aromatic rings. The largest absolute Gasteiger partial charge is 3.00 e. The van der Waals surface area contributed by atoms with Gasteiger partial charge in [0, 0.05) is 0 Å². The molecule has 1 heterocycles. The maximum Gasteiger partial charge on any atom is 3.00 e. The Kier molecular flexibility index (Phi) is 14.1. The summed E-state index contributed by atoms with van der Waals surface area (Å²) in [6, 6.07) is 3.21. The van der Waals surface area contributed by atoms with Crippen molar-refractivity contribution in [3.05, 3.63) is 22.7 Å². The van der Waals surface area contributed by atoms with Crippen LogP contribution in [-0.4, -0.2) is 0 Å². The molecule has 4 heteroatoms. The molecule has 0 saturated carbocycles. The smallest absolute Gasteiger partial charge is 1.00 e. The van der Waals surface area contributed by atoms with Gasteiger partial charge in [-0.3, -0.25) is 0 Å². The second-order valence-corrected chi connectivity index (χ2v) is 3.05. The SMILES string of the molecule is Cc1[c-]c(C)[pH]c1.[Cl-].[Cl-].[Ti+3]. The van der Waals surface area contributed by atoms with Gasteiger partial charge in [0.15, 0.2) is 0 Å². The van der Waals surface area contributed by atoms with Crippen molar-refractivity contribution in [2.24, 2.45) is 0 Å². The van der Waals surface area contributed by atoms with Crippen LogP contribution < -0.4 is 24.8 Å². The second kappa shape index (κ2) is 8.17. The number of hydrogen-bond donors (Lipinski definition) is 0. The number of aryl methyl sites for hydroxylation is 2.